The molecule has 8 rings (SSSR count). The molecule has 0 saturated carbocycles. The van der Waals surface area contributed by atoms with Crippen molar-refractivity contribution in [2.75, 3.05) is 32.2 Å². The fraction of sp³-hybridized carbons (Fsp3) is 0.596. The van der Waals surface area contributed by atoms with Crippen LogP contribution < -0.4 is 20.3 Å². The van der Waals surface area contributed by atoms with Gasteiger partial charge in [0.25, 0.3) is 5.84 Å². The zero-order valence-electron chi connectivity index (χ0n) is 38.4. The van der Waals surface area contributed by atoms with Crippen LogP contribution in [0.5, 0.6) is 5.75 Å². The molecular formula is C47H64N9O7+. The maximum atomic E-state index is 14.0. The molecule has 0 spiro atoms. The van der Waals surface area contributed by atoms with Crippen molar-refractivity contribution in [2.24, 2.45) is 21.2 Å². The van der Waals surface area contributed by atoms with Crippen LogP contribution in [-0.4, -0.2) is 118 Å². The number of aromatic amines is 1. The molecule has 2 fully saturated rings. The number of benzene rings is 1. The summed E-state index contributed by atoms with van der Waals surface area (Å²) >= 11 is 0. The second kappa shape index (κ2) is 16.5. The van der Waals surface area contributed by atoms with Gasteiger partial charge in [0.1, 0.15) is 35.8 Å². The summed E-state index contributed by atoms with van der Waals surface area (Å²) < 4.78 is 18.8. The number of ether oxygens (including phenoxy) is 3. The summed E-state index contributed by atoms with van der Waals surface area (Å²) in [6, 6.07) is 4.46. The number of amides is 4. The number of imidazole rings is 1. The molecule has 4 amide bonds. The van der Waals surface area contributed by atoms with E-state index in [1.807, 2.05) is 63.9 Å². The summed E-state index contributed by atoms with van der Waals surface area (Å²) in [5, 5.41) is 5.55. The number of nitrogens with one attached hydrogen (secondary N) is 3. The Balaban J connectivity index is 1.02. The Morgan fingerprint density at radius 2 is 1.56 bits per heavy atom. The second-order valence-corrected chi connectivity index (χ2v) is 20.8. The third-order valence-electron chi connectivity index (χ3n) is 13.4. The van der Waals surface area contributed by atoms with E-state index in [0.717, 1.165) is 72.9 Å². The van der Waals surface area contributed by atoms with Crippen molar-refractivity contribution < 1.29 is 38.0 Å². The van der Waals surface area contributed by atoms with Crippen molar-refractivity contribution >= 4 is 47.4 Å². The number of methoxy groups -OCH3 is 2. The molecule has 63 heavy (non-hydrogen) atoms. The van der Waals surface area contributed by atoms with Gasteiger partial charge in [0.2, 0.25) is 18.2 Å². The van der Waals surface area contributed by atoms with Crippen LogP contribution in [0.15, 0.2) is 47.2 Å². The molecule has 6 aliphatic rings. The van der Waals surface area contributed by atoms with Crippen LogP contribution in [0.2, 0.25) is 0 Å². The number of aliphatic imine (C=N–C) groups is 1. The number of carbonyl (C=O) groups excluding carboxylic acids is 4. The Morgan fingerprint density at radius 1 is 0.937 bits per heavy atom. The molecule has 16 heteroatoms. The number of amidine groups is 1. The Bertz CT molecular complexity index is 2300. The lowest BCUT2D eigenvalue weighted by Crippen LogP contribution is -2.57. The maximum Gasteiger partial charge on any atom is 0.407 e. The average molecular weight is 867 g/mol. The monoisotopic (exact) mass is 866 g/mol. The van der Waals surface area contributed by atoms with Crippen LogP contribution >= 0.6 is 0 Å². The predicted molar refractivity (Wildman–Crippen MR) is 238 cm³/mol. The van der Waals surface area contributed by atoms with E-state index < -0.39 is 35.1 Å². The molecular weight excluding hydrogens is 803 g/mol. The first-order chi connectivity index (χ1) is 29.8. The summed E-state index contributed by atoms with van der Waals surface area (Å²) in [7, 11) is 2.61. The van der Waals surface area contributed by atoms with Crippen LogP contribution in [0.4, 0.5) is 15.3 Å². The van der Waals surface area contributed by atoms with Crippen molar-refractivity contribution in [3.63, 3.8) is 0 Å². The molecule has 0 bridgehead atoms. The SMILES string of the molecule is COC(=O)NC(C(=O)N1CCCC1C1=[N+](Cc2ccc3c(c2)OC2CC(C)(C)CC(c4cnc(C5CCCN5C(=O)C(NC(=O)OC)C(C)(C)C)[nH]4)=C4C=CN3C42)C=N1)C(C)(C)C. The van der Waals surface area contributed by atoms with E-state index in [9.17, 15) is 19.2 Å². The smallest absolute Gasteiger partial charge is 0.407 e. The fourth-order valence-corrected chi connectivity index (χ4v) is 10.2. The molecule has 2 saturated heterocycles. The molecule has 1 aromatic carbocycles. The normalized spacial score (nSPS) is 24.6. The zero-order chi connectivity index (χ0) is 45.2. The number of hydrogen-bond donors (Lipinski definition) is 3. The second-order valence-electron chi connectivity index (χ2n) is 20.8. The highest BCUT2D eigenvalue weighted by Gasteiger charge is 2.48. The van der Waals surface area contributed by atoms with Crippen molar-refractivity contribution in [1.82, 2.24) is 30.4 Å². The average Bonchev–Trinajstić information content (AvgIpc) is 4.04. The Morgan fingerprint density at radius 3 is 2.14 bits per heavy atom. The van der Waals surface area contributed by atoms with Crippen LogP contribution in [-0.2, 0) is 25.6 Å². The lowest BCUT2D eigenvalue weighted by atomic mass is 9.81. The van der Waals surface area contributed by atoms with Gasteiger partial charge in [0.05, 0.1) is 50.4 Å². The number of hydrogen-bond acceptors (Lipinski definition) is 10. The van der Waals surface area contributed by atoms with Crippen molar-refractivity contribution in [2.45, 2.75) is 137 Å². The van der Waals surface area contributed by atoms with Gasteiger partial charge in [-0.25, -0.2) is 19.1 Å². The molecule has 3 N–H and O–H groups in total. The minimum atomic E-state index is -0.754. The van der Waals surface area contributed by atoms with Gasteiger partial charge < -0.3 is 44.5 Å². The van der Waals surface area contributed by atoms with Gasteiger partial charge in [-0.1, -0.05) is 66.4 Å². The number of carbonyl (C=O) groups is 4. The molecule has 6 unspecified atom stereocenters. The number of nitrogens with zero attached hydrogens (tertiary/aromatic N) is 6. The standard InChI is InChI=1S/C47H63N9O7/c1-45(2,3)37(51-43(59)61-9)41(57)55-18-11-13-32(55)39-48-24-30(50-39)29-22-47(7,8)23-35-36-28(29)17-20-54(36)31-16-15-27(21-34(31)63-35)25-53-26-49-40(53)33-14-12-19-56(33)42(58)38(46(4,5)6)52-44(60)62-10/h15-17,20-21,24,26,32-33,35-38H,11-14,18-19,22-23,25H2,1-10H3,(H2-,48,50,51,52,59,60)/p+1. The van der Waals surface area contributed by atoms with E-state index in [1.54, 1.807) is 0 Å². The van der Waals surface area contributed by atoms with Gasteiger partial charge in [-0.2, -0.15) is 0 Å². The van der Waals surface area contributed by atoms with Gasteiger partial charge in [0.15, 0.2) is 0 Å². The number of H-pyrrole nitrogens is 1. The quantitative estimate of drug-likeness (QED) is 0.245. The van der Waals surface area contributed by atoms with Gasteiger partial charge in [-0.15, -0.1) is 0 Å². The van der Waals surface area contributed by atoms with Crippen LogP contribution in [0.3, 0.4) is 0 Å². The van der Waals surface area contributed by atoms with Crippen molar-refractivity contribution in [3.05, 3.63) is 59.3 Å². The number of alkyl carbamates (subject to hydrolysis) is 2. The number of allylic oxidation sites excluding steroid dienone is 1. The zero-order valence-corrected chi connectivity index (χ0v) is 38.4. The Hall–Kier alpha value is -5.67. The van der Waals surface area contributed by atoms with E-state index in [4.69, 9.17) is 19.2 Å². The lowest BCUT2D eigenvalue weighted by molar-refractivity contribution is -0.431. The van der Waals surface area contributed by atoms with Crippen LogP contribution in [0, 0.1) is 16.2 Å². The third-order valence-corrected chi connectivity index (χ3v) is 13.4. The Kier molecular flexibility index (Phi) is 11.5. The number of rotatable bonds is 9. The van der Waals surface area contributed by atoms with E-state index in [-0.39, 0.29) is 41.5 Å². The molecule has 6 heterocycles. The molecule has 1 aromatic heterocycles. The lowest BCUT2D eigenvalue weighted by Gasteiger charge is -2.41. The first-order valence-corrected chi connectivity index (χ1v) is 22.3. The predicted octanol–water partition coefficient (Wildman–Crippen LogP) is 6.30. The highest BCUT2D eigenvalue weighted by molar-refractivity contribution is 5.99. The first kappa shape index (κ1) is 44.0. The maximum absolute atomic E-state index is 14.0. The number of fused-ring (bicyclic) bond motifs is 2. The summed E-state index contributed by atoms with van der Waals surface area (Å²) in [6.45, 7) is 18.0. The molecule has 2 aromatic rings. The van der Waals surface area contributed by atoms with E-state index in [1.165, 1.54) is 25.4 Å². The summed E-state index contributed by atoms with van der Waals surface area (Å²) in [6.07, 6.45) is 11.7. The number of likely N-dealkylation sites (tertiary alicyclic amines) is 2. The molecule has 0 radical (unpaired) electrons. The molecule has 1 aliphatic carbocycles. The topological polar surface area (TPSA) is 174 Å². The molecule has 6 atom stereocenters. The van der Waals surface area contributed by atoms with Crippen LogP contribution in [0.25, 0.3) is 5.57 Å². The molecule has 5 aliphatic heterocycles. The minimum Gasteiger partial charge on any atom is -0.486 e. The van der Waals surface area contributed by atoms with Gasteiger partial charge in [-0.05, 0) is 89.7 Å². The molecule has 338 valence electrons. The number of anilines is 1. The molecule has 16 nitrogen and oxygen atoms in total. The highest BCUT2D eigenvalue weighted by atomic mass is 16.5. The van der Waals surface area contributed by atoms with Crippen molar-refractivity contribution in [1.29, 1.82) is 0 Å². The fourth-order valence-electron chi connectivity index (χ4n) is 10.2. The van der Waals surface area contributed by atoms with Crippen LogP contribution in [0.1, 0.15) is 117 Å². The minimum absolute atomic E-state index is 0.0210. The van der Waals surface area contributed by atoms with Gasteiger partial charge in [-0.3, -0.25) is 9.59 Å². The number of aromatic nitrogens is 2. The van der Waals surface area contributed by atoms with E-state index in [0.29, 0.717) is 19.6 Å². The highest BCUT2D eigenvalue weighted by Crippen LogP contribution is 2.51. The third kappa shape index (κ3) is 8.44. The van der Waals surface area contributed by atoms with Gasteiger partial charge >= 0.3 is 12.2 Å². The van der Waals surface area contributed by atoms with E-state index >= 15 is 0 Å². The Labute approximate surface area is 370 Å². The summed E-state index contributed by atoms with van der Waals surface area (Å²) in [5.41, 5.74) is 4.26. The first-order valence-electron chi connectivity index (χ1n) is 22.3. The largest absolute Gasteiger partial charge is 0.486 e. The van der Waals surface area contributed by atoms with Gasteiger partial charge in [0, 0.05) is 19.3 Å². The summed E-state index contributed by atoms with van der Waals surface area (Å²) in [4.78, 5) is 71.8. The van der Waals surface area contributed by atoms with E-state index in [2.05, 4.69) is 74.4 Å². The van der Waals surface area contributed by atoms with Crippen molar-refractivity contribution in [3.8, 4) is 5.75 Å². The summed E-state index contributed by atoms with van der Waals surface area (Å²) in [5.74, 6) is 2.15.